The van der Waals surface area contributed by atoms with Crippen LogP contribution in [0, 0.1) is 23.7 Å². The number of hydrogen-bond acceptors (Lipinski definition) is 4. The molecule has 0 spiro atoms. The van der Waals surface area contributed by atoms with Gasteiger partial charge in [-0.3, -0.25) is 9.59 Å². The maximum Gasteiger partial charge on any atom is 0.407 e. The summed E-state index contributed by atoms with van der Waals surface area (Å²) < 4.78 is 5.67. The van der Waals surface area contributed by atoms with E-state index in [4.69, 9.17) is 4.74 Å². The molecule has 0 radical (unpaired) electrons. The van der Waals surface area contributed by atoms with E-state index in [1.165, 1.54) is 0 Å². The molecule has 2 aliphatic carbocycles. The molecule has 3 aliphatic rings. The Morgan fingerprint density at radius 1 is 1.03 bits per heavy atom. The van der Waals surface area contributed by atoms with Crippen molar-refractivity contribution < 1.29 is 24.2 Å². The number of fused-ring (bicyclic) bond motifs is 4. The second-order valence-corrected chi connectivity index (χ2v) is 10.4. The van der Waals surface area contributed by atoms with Gasteiger partial charge in [-0.2, -0.15) is 0 Å². The van der Waals surface area contributed by atoms with Crippen molar-refractivity contribution >= 4 is 18.0 Å². The number of rotatable bonds is 7. The van der Waals surface area contributed by atoms with E-state index in [0.29, 0.717) is 25.9 Å². The molecular weight excluding hydrogens is 444 g/mol. The molecule has 35 heavy (non-hydrogen) atoms. The van der Waals surface area contributed by atoms with Gasteiger partial charge < -0.3 is 20.1 Å². The van der Waals surface area contributed by atoms with Gasteiger partial charge in [0.25, 0.3) is 0 Å². The molecule has 1 saturated carbocycles. The summed E-state index contributed by atoms with van der Waals surface area (Å²) in [5, 5.41) is 12.2. The number of hydrogen-bond donors (Lipinski definition) is 2. The number of amides is 2. The number of carboxylic acids is 1. The Kier molecular flexibility index (Phi) is 6.26. The van der Waals surface area contributed by atoms with E-state index in [1.807, 2.05) is 38.1 Å². The lowest BCUT2D eigenvalue weighted by molar-refractivity contribution is -0.139. The predicted molar refractivity (Wildman–Crippen MR) is 131 cm³/mol. The number of carbonyl (C=O) groups is 3. The van der Waals surface area contributed by atoms with E-state index in [0.717, 1.165) is 22.3 Å². The zero-order valence-corrected chi connectivity index (χ0v) is 20.1. The smallest absolute Gasteiger partial charge is 0.407 e. The minimum Gasteiger partial charge on any atom is -0.481 e. The zero-order valence-electron chi connectivity index (χ0n) is 20.1. The second kappa shape index (κ2) is 9.36. The number of carboxylic acid groups (broad SMARTS) is 1. The maximum absolute atomic E-state index is 13.3. The summed E-state index contributed by atoms with van der Waals surface area (Å²) in [6.07, 6.45) is 0.596. The molecule has 184 valence electrons. The van der Waals surface area contributed by atoms with E-state index in [9.17, 15) is 19.5 Å². The summed E-state index contributed by atoms with van der Waals surface area (Å²) in [5.41, 5.74) is 4.59. The number of piperidine rings is 1. The van der Waals surface area contributed by atoms with Crippen LogP contribution in [0.3, 0.4) is 0 Å². The number of likely N-dealkylation sites (tertiary alicyclic amines) is 1. The van der Waals surface area contributed by atoms with Gasteiger partial charge in [-0.25, -0.2) is 4.79 Å². The summed E-state index contributed by atoms with van der Waals surface area (Å²) in [5.74, 6) is -0.912. The van der Waals surface area contributed by atoms with Crippen molar-refractivity contribution in [3.05, 3.63) is 59.7 Å². The first-order valence-corrected chi connectivity index (χ1v) is 12.5. The average Bonchev–Trinajstić information content (AvgIpc) is 3.49. The van der Waals surface area contributed by atoms with Crippen LogP contribution >= 0.6 is 0 Å². The van der Waals surface area contributed by atoms with Gasteiger partial charge in [-0.05, 0) is 52.8 Å². The van der Waals surface area contributed by atoms with Gasteiger partial charge in [0.2, 0.25) is 5.91 Å². The van der Waals surface area contributed by atoms with Crippen LogP contribution in [0.4, 0.5) is 4.79 Å². The molecule has 2 fully saturated rings. The van der Waals surface area contributed by atoms with Crippen molar-refractivity contribution in [3.8, 4) is 11.1 Å². The van der Waals surface area contributed by atoms with Gasteiger partial charge in [0.15, 0.2) is 0 Å². The number of carbonyl (C=O) groups excluding carboxylic acids is 2. The Bertz CT molecular complexity index is 1100. The highest BCUT2D eigenvalue weighted by atomic mass is 16.5. The van der Waals surface area contributed by atoms with Gasteiger partial charge in [-0.1, -0.05) is 62.4 Å². The molecule has 7 nitrogen and oxygen atoms in total. The largest absolute Gasteiger partial charge is 0.481 e. The van der Waals surface area contributed by atoms with Gasteiger partial charge in [-0.15, -0.1) is 0 Å². The van der Waals surface area contributed by atoms with E-state index in [-0.39, 0.29) is 42.1 Å². The highest BCUT2D eigenvalue weighted by Gasteiger charge is 2.57. The monoisotopic (exact) mass is 476 g/mol. The number of alkyl carbamates (subject to hydrolysis) is 1. The summed E-state index contributed by atoms with van der Waals surface area (Å²) in [6.45, 7) is 5.18. The summed E-state index contributed by atoms with van der Waals surface area (Å²) in [7, 11) is 0. The van der Waals surface area contributed by atoms with Crippen LogP contribution in [0.15, 0.2) is 48.5 Å². The van der Waals surface area contributed by atoms with Gasteiger partial charge in [0.05, 0.1) is 5.92 Å². The molecule has 1 aliphatic heterocycles. The quantitative estimate of drug-likeness (QED) is 0.627. The lowest BCUT2D eigenvalue weighted by atomic mass is 9.98. The number of ether oxygens (including phenoxy) is 1. The molecule has 2 aromatic carbocycles. The summed E-state index contributed by atoms with van der Waals surface area (Å²) in [6, 6.07) is 15.6. The van der Waals surface area contributed by atoms with Crippen molar-refractivity contribution in [3.63, 3.8) is 0 Å². The van der Waals surface area contributed by atoms with Crippen molar-refractivity contribution in [2.45, 2.75) is 38.6 Å². The summed E-state index contributed by atoms with van der Waals surface area (Å²) in [4.78, 5) is 39.3. The first-order valence-electron chi connectivity index (χ1n) is 12.5. The molecule has 2 aromatic rings. The molecular formula is C28H32N2O5. The van der Waals surface area contributed by atoms with Crippen LogP contribution < -0.4 is 5.32 Å². The fourth-order valence-corrected chi connectivity index (χ4v) is 6.00. The Balaban J connectivity index is 1.23. The first kappa shape index (κ1) is 23.4. The topological polar surface area (TPSA) is 95.9 Å². The zero-order chi connectivity index (χ0) is 24.7. The molecule has 7 heteroatoms. The second-order valence-electron chi connectivity index (χ2n) is 10.4. The van der Waals surface area contributed by atoms with Gasteiger partial charge in [0, 0.05) is 19.0 Å². The molecule has 2 N–H and O–H groups in total. The number of benzene rings is 2. The van der Waals surface area contributed by atoms with Crippen LogP contribution in [-0.4, -0.2) is 53.7 Å². The minimum atomic E-state index is -0.773. The first-order chi connectivity index (χ1) is 16.8. The Morgan fingerprint density at radius 2 is 1.66 bits per heavy atom. The predicted octanol–water partition coefficient (Wildman–Crippen LogP) is 4.12. The SMILES string of the molecule is CC(C)C[C@H](NC(=O)OCC1c2ccccc2-c2ccccc21)C(=O)N1CCC2C(C1)C2C(=O)O. The van der Waals surface area contributed by atoms with E-state index < -0.39 is 18.1 Å². The third-order valence-electron chi connectivity index (χ3n) is 7.73. The molecule has 1 saturated heterocycles. The third kappa shape index (κ3) is 4.51. The summed E-state index contributed by atoms with van der Waals surface area (Å²) >= 11 is 0. The average molecular weight is 477 g/mol. The standard InChI is InChI=1S/C28H32N2O5/c1-16(2)13-24(26(31)30-12-11-21-22(14-30)25(21)27(32)33)29-28(34)35-15-23-19-9-5-3-7-17(19)18-8-4-6-10-20(18)23/h3-10,16,21-25H,11-15H2,1-2H3,(H,29,34)(H,32,33)/t21?,22?,24-,25?/m0/s1. The van der Waals surface area contributed by atoms with Crippen molar-refractivity contribution in [1.82, 2.24) is 10.2 Å². The van der Waals surface area contributed by atoms with Crippen molar-refractivity contribution in [1.29, 1.82) is 0 Å². The van der Waals surface area contributed by atoms with Crippen molar-refractivity contribution in [2.24, 2.45) is 23.7 Å². The molecule has 2 amide bonds. The highest BCUT2D eigenvalue weighted by molar-refractivity contribution is 5.86. The van der Waals surface area contributed by atoms with E-state index in [1.54, 1.807) is 4.90 Å². The number of nitrogens with one attached hydrogen (secondary N) is 1. The highest BCUT2D eigenvalue weighted by Crippen LogP contribution is 2.51. The normalized spacial score (nSPS) is 23.2. The molecule has 4 atom stereocenters. The van der Waals surface area contributed by atoms with Crippen LogP contribution in [-0.2, 0) is 14.3 Å². The molecule has 0 bridgehead atoms. The van der Waals surface area contributed by atoms with Crippen molar-refractivity contribution in [2.75, 3.05) is 19.7 Å². The van der Waals surface area contributed by atoms with E-state index in [2.05, 4.69) is 29.6 Å². The Morgan fingerprint density at radius 3 is 2.26 bits per heavy atom. The van der Waals surface area contributed by atoms with Gasteiger partial charge in [0.1, 0.15) is 12.6 Å². The lowest BCUT2D eigenvalue weighted by Gasteiger charge is -2.31. The third-order valence-corrected chi connectivity index (χ3v) is 7.73. The van der Waals surface area contributed by atoms with Gasteiger partial charge >= 0.3 is 12.1 Å². The fraction of sp³-hybridized carbons (Fsp3) is 0.464. The molecule has 3 unspecified atom stereocenters. The molecule has 5 rings (SSSR count). The lowest BCUT2D eigenvalue weighted by Crippen LogP contribution is -2.51. The van der Waals surface area contributed by atoms with Crippen LogP contribution in [0.2, 0.25) is 0 Å². The molecule has 1 heterocycles. The fourth-order valence-electron chi connectivity index (χ4n) is 6.00. The number of aliphatic carboxylic acids is 1. The van der Waals surface area contributed by atoms with Crippen LogP contribution in [0.1, 0.15) is 43.7 Å². The number of nitrogens with zero attached hydrogens (tertiary/aromatic N) is 1. The molecule has 0 aromatic heterocycles. The van der Waals surface area contributed by atoms with Crippen LogP contribution in [0.25, 0.3) is 11.1 Å². The van der Waals surface area contributed by atoms with E-state index >= 15 is 0 Å². The minimum absolute atomic E-state index is 0.0272. The van der Waals surface area contributed by atoms with Crippen LogP contribution in [0.5, 0.6) is 0 Å². The Hall–Kier alpha value is -3.35. The maximum atomic E-state index is 13.3. The Labute approximate surface area is 205 Å².